The molecule has 0 radical (unpaired) electrons. The van der Waals surface area contributed by atoms with Crippen LogP contribution in [-0.4, -0.2) is 30.3 Å². The predicted molar refractivity (Wildman–Crippen MR) is 62.0 cm³/mol. The van der Waals surface area contributed by atoms with Crippen molar-refractivity contribution in [3.8, 4) is 0 Å². The third-order valence-electron chi connectivity index (χ3n) is 2.11. The Hall–Kier alpha value is -1.07. The van der Waals surface area contributed by atoms with E-state index < -0.39 is 0 Å². The van der Waals surface area contributed by atoms with Gasteiger partial charge in [-0.15, -0.1) is 11.3 Å². The summed E-state index contributed by atoms with van der Waals surface area (Å²) in [7, 11) is 1.53. The van der Waals surface area contributed by atoms with Gasteiger partial charge in [-0.2, -0.15) is 0 Å². The molecule has 0 aromatic carbocycles. The van der Waals surface area contributed by atoms with E-state index >= 15 is 0 Å². The lowest BCUT2D eigenvalue weighted by Crippen LogP contribution is -2.11. The number of ether oxygens (including phenoxy) is 1. The Labute approximate surface area is 98.6 Å². The number of hydrogen-bond donors (Lipinski definition) is 0. The Morgan fingerprint density at radius 1 is 1.38 bits per heavy atom. The molecule has 0 unspecified atom stereocenters. The lowest BCUT2D eigenvalue weighted by Gasteiger charge is -1.99. The molecular weight excluding hydrogens is 226 g/mol. The van der Waals surface area contributed by atoms with Gasteiger partial charge in [-0.05, 0) is 13.8 Å². The molecule has 1 heterocycles. The highest BCUT2D eigenvalue weighted by Crippen LogP contribution is 2.18. The second-order valence-electron chi connectivity index (χ2n) is 3.52. The van der Waals surface area contributed by atoms with Crippen molar-refractivity contribution in [2.24, 2.45) is 0 Å². The molecule has 0 N–H and O–H groups in total. The SMILES string of the molecule is COCCC(=O)CC(=O)c1nc(C)sc1C. The molecule has 16 heavy (non-hydrogen) atoms. The smallest absolute Gasteiger partial charge is 0.189 e. The lowest BCUT2D eigenvalue weighted by molar-refractivity contribution is -0.119. The number of hydrogen-bond acceptors (Lipinski definition) is 5. The summed E-state index contributed by atoms with van der Waals surface area (Å²) >= 11 is 1.47. The molecule has 4 nitrogen and oxygen atoms in total. The highest BCUT2D eigenvalue weighted by atomic mass is 32.1. The zero-order valence-corrected chi connectivity index (χ0v) is 10.5. The fourth-order valence-electron chi connectivity index (χ4n) is 1.35. The topological polar surface area (TPSA) is 56.3 Å². The molecule has 0 spiro atoms. The average molecular weight is 241 g/mol. The number of thiazole rings is 1. The number of methoxy groups -OCH3 is 1. The summed E-state index contributed by atoms with van der Waals surface area (Å²) in [5.41, 5.74) is 0.438. The zero-order valence-electron chi connectivity index (χ0n) is 9.70. The molecule has 0 aliphatic heterocycles. The molecule has 1 aromatic rings. The van der Waals surface area contributed by atoms with Crippen LogP contribution in [0.15, 0.2) is 0 Å². The van der Waals surface area contributed by atoms with Crippen LogP contribution >= 0.6 is 11.3 Å². The Bertz CT molecular complexity index is 398. The summed E-state index contributed by atoms with van der Waals surface area (Å²) < 4.78 is 4.78. The van der Waals surface area contributed by atoms with Gasteiger partial charge in [-0.1, -0.05) is 0 Å². The van der Waals surface area contributed by atoms with Crippen LogP contribution in [0.25, 0.3) is 0 Å². The Morgan fingerprint density at radius 2 is 2.06 bits per heavy atom. The molecule has 1 rings (SSSR count). The van der Waals surface area contributed by atoms with Gasteiger partial charge in [0, 0.05) is 18.4 Å². The Kier molecular flexibility index (Phi) is 4.76. The summed E-state index contributed by atoms with van der Waals surface area (Å²) in [6, 6.07) is 0. The van der Waals surface area contributed by atoms with Crippen LogP contribution in [0.5, 0.6) is 0 Å². The second-order valence-corrected chi connectivity index (χ2v) is 4.93. The van der Waals surface area contributed by atoms with Crippen LogP contribution in [0.3, 0.4) is 0 Å². The van der Waals surface area contributed by atoms with Crippen LogP contribution in [0.4, 0.5) is 0 Å². The first-order valence-corrected chi connectivity index (χ1v) is 5.84. The minimum absolute atomic E-state index is 0.0760. The van der Waals surface area contributed by atoms with Crippen LogP contribution < -0.4 is 0 Å². The fraction of sp³-hybridized carbons (Fsp3) is 0.545. The van der Waals surface area contributed by atoms with Gasteiger partial charge >= 0.3 is 0 Å². The number of nitrogens with zero attached hydrogens (tertiary/aromatic N) is 1. The minimum Gasteiger partial charge on any atom is -0.384 e. The molecule has 0 aliphatic rings. The van der Waals surface area contributed by atoms with Crippen molar-refractivity contribution in [1.29, 1.82) is 0 Å². The van der Waals surface area contributed by atoms with E-state index in [1.807, 2.05) is 13.8 Å². The number of rotatable bonds is 6. The number of carbonyl (C=O) groups is 2. The molecule has 5 heteroatoms. The number of Topliss-reactive ketones (excluding diaryl/α,β-unsaturated/α-hetero) is 2. The zero-order chi connectivity index (χ0) is 12.1. The van der Waals surface area contributed by atoms with E-state index in [-0.39, 0.29) is 24.4 Å². The first-order valence-electron chi connectivity index (χ1n) is 5.02. The van der Waals surface area contributed by atoms with Crippen LogP contribution in [0.2, 0.25) is 0 Å². The van der Waals surface area contributed by atoms with Gasteiger partial charge in [-0.3, -0.25) is 9.59 Å². The summed E-state index contributed by atoms with van der Waals surface area (Å²) in [5, 5.41) is 0.852. The van der Waals surface area contributed by atoms with E-state index in [1.165, 1.54) is 18.4 Å². The van der Waals surface area contributed by atoms with E-state index in [0.29, 0.717) is 12.3 Å². The highest BCUT2D eigenvalue weighted by molar-refractivity contribution is 7.11. The largest absolute Gasteiger partial charge is 0.384 e. The van der Waals surface area contributed by atoms with Crippen molar-refractivity contribution >= 4 is 22.9 Å². The predicted octanol–water partition coefficient (Wildman–Crippen LogP) is 1.94. The fourth-order valence-corrected chi connectivity index (χ4v) is 2.19. The quantitative estimate of drug-likeness (QED) is 0.564. The maximum Gasteiger partial charge on any atom is 0.189 e. The number of aromatic nitrogens is 1. The molecule has 0 amide bonds. The van der Waals surface area contributed by atoms with Crippen molar-refractivity contribution in [1.82, 2.24) is 4.98 Å². The van der Waals surface area contributed by atoms with Crippen molar-refractivity contribution in [3.63, 3.8) is 0 Å². The van der Waals surface area contributed by atoms with Gasteiger partial charge in [0.15, 0.2) is 5.78 Å². The van der Waals surface area contributed by atoms with Gasteiger partial charge < -0.3 is 4.74 Å². The van der Waals surface area contributed by atoms with E-state index in [9.17, 15) is 9.59 Å². The lowest BCUT2D eigenvalue weighted by atomic mass is 10.1. The van der Waals surface area contributed by atoms with Gasteiger partial charge in [0.25, 0.3) is 0 Å². The third-order valence-corrected chi connectivity index (χ3v) is 3.00. The second kappa shape index (κ2) is 5.86. The van der Waals surface area contributed by atoms with Crippen molar-refractivity contribution in [2.45, 2.75) is 26.7 Å². The molecule has 0 saturated carbocycles. The minimum atomic E-state index is -0.192. The number of ketones is 2. The molecule has 0 atom stereocenters. The number of aryl methyl sites for hydroxylation is 2. The normalized spacial score (nSPS) is 10.4. The summed E-state index contributed by atoms with van der Waals surface area (Å²) in [6.07, 6.45) is 0.206. The van der Waals surface area contributed by atoms with Crippen LogP contribution in [-0.2, 0) is 9.53 Å². The third kappa shape index (κ3) is 3.50. The van der Waals surface area contributed by atoms with Gasteiger partial charge in [0.1, 0.15) is 11.5 Å². The summed E-state index contributed by atoms with van der Waals surface area (Å²) in [5.74, 6) is -0.292. The van der Waals surface area contributed by atoms with E-state index in [4.69, 9.17) is 4.74 Å². The first-order chi connectivity index (χ1) is 7.54. The van der Waals surface area contributed by atoms with Gasteiger partial charge in [0.05, 0.1) is 18.0 Å². The molecule has 88 valence electrons. The van der Waals surface area contributed by atoms with E-state index in [2.05, 4.69) is 4.98 Å². The van der Waals surface area contributed by atoms with Crippen molar-refractivity contribution in [2.75, 3.05) is 13.7 Å². The van der Waals surface area contributed by atoms with Crippen molar-refractivity contribution < 1.29 is 14.3 Å². The maximum absolute atomic E-state index is 11.7. The Morgan fingerprint density at radius 3 is 2.56 bits per heavy atom. The molecule has 0 saturated heterocycles. The molecular formula is C11H15NO3S. The molecule has 0 bridgehead atoms. The molecule has 1 aromatic heterocycles. The van der Waals surface area contributed by atoms with E-state index in [1.54, 1.807) is 0 Å². The standard InChI is InChI=1S/C11H15NO3S/c1-7-11(12-8(2)16-7)10(14)6-9(13)4-5-15-3/h4-6H2,1-3H3. The molecule has 0 fully saturated rings. The monoisotopic (exact) mass is 241 g/mol. The number of carbonyl (C=O) groups excluding carboxylic acids is 2. The van der Waals surface area contributed by atoms with Gasteiger partial charge in [0.2, 0.25) is 0 Å². The molecule has 0 aliphatic carbocycles. The first kappa shape index (κ1) is 13.0. The van der Waals surface area contributed by atoms with Crippen molar-refractivity contribution in [3.05, 3.63) is 15.6 Å². The van der Waals surface area contributed by atoms with E-state index in [0.717, 1.165) is 9.88 Å². The maximum atomic E-state index is 11.7. The average Bonchev–Trinajstić information content (AvgIpc) is 2.54. The van der Waals surface area contributed by atoms with Crippen LogP contribution in [0, 0.1) is 13.8 Å². The highest BCUT2D eigenvalue weighted by Gasteiger charge is 2.17. The van der Waals surface area contributed by atoms with Crippen LogP contribution in [0.1, 0.15) is 33.2 Å². The summed E-state index contributed by atoms with van der Waals surface area (Å²) in [4.78, 5) is 28.1. The Balaban J connectivity index is 2.59. The van der Waals surface area contributed by atoms with Gasteiger partial charge in [-0.25, -0.2) is 4.98 Å². The summed E-state index contributed by atoms with van der Waals surface area (Å²) in [6.45, 7) is 4.06.